The van der Waals surface area contributed by atoms with Crippen LogP contribution in [0.25, 0.3) is 0 Å². The summed E-state index contributed by atoms with van der Waals surface area (Å²) in [5.41, 5.74) is 6.87. The molecule has 0 amide bonds. The number of ether oxygens (including phenoxy) is 2. The monoisotopic (exact) mass is 323 g/mol. The zero-order valence-electron chi connectivity index (χ0n) is 14.4. The molecule has 1 atom stereocenters. The zero-order valence-corrected chi connectivity index (χ0v) is 15.2. The highest BCUT2D eigenvalue weighted by molar-refractivity contribution is 7.80. The van der Waals surface area contributed by atoms with Gasteiger partial charge < -0.3 is 15.2 Å². The summed E-state index contributed by atoms with van der Waals surface area (Å²) in [5, 5.41) is 0. The van der Waals surface area contributed by atoms with Gasteiger partial charge >= 0.3 is 0 Å². The first-order chi connectivity index (χ1) is 10.3. The maximum Gasteiger partial charge on any atom is 0.161 e. The molecule has 0 heterocycles. The minimum atomic E-state index is 0.176. The Hall–Kier alpha value is -1.29. The lowest BCUT2D eigenvalue weighted by Crippen LogP contribution is -2.20. The van der Waals surface area contributed by atoms with Crippen molar-refractivity contribution in [1.82, 2.24) is 0 Å². The van der Waals surface area contributed by atoms with Crippen LogP contribution in [0.15, 0.2) is 18.2 Å². The molecule has 1 aromatic rings. The normalized spacial score (nSPS) is 12.5. The van der Waals surface area contributed by atoms with Crippen LogP contribution in [-0.4, -0.2) is 18.2 Å². The molecule has 22 heavy (non-hydrogen) atoms. The number of thiocarbonyl (C=S) groups is 1. The lowest BCUT2D eigenvalue weighted by molar-refractivity contribution is 0.229. The summed E-state index contributed by atoms with van der Waals surface area (Å²) in [5.74, 6) is 2.74. The Morgan fingerprint density at radius 1 is 1.00 bits per heavy atom. The van der Waals surface area contributed by atoms with E-state index in [1.165, 1.54) is 0 Å². The highest BCUT2D eigenvalue weighted by Crippen LogP contribution is 2.30. The Labute approximate surface area is 140 Å². The summed E-state index contributed by atoms with van der Waals surface area (Å²) >= 11 is 5.05. The van der Waals surface area contributed by atoms with Crippen molar-refractivity contribution in [3.8, 4) is 11.5 Å². The minimum absolute atomic E-state index is 0.176. The van der Waals surface area contributed by atoms with Gasteiger partial charge in [-0.15, -0.1) is 0 Å². The molecule has 124 valence electrons. The first-order valence-electron chi connectivity index (χ1n) is 7.97. The van der Waals surface area contributed by atoms with Gasteiger partial charge in [-0.05, 0) is 36.0 Å². The molecule has 1 aromatic carbocycles. The maximum absolute atomic E-state index is 5.92. The van der Waals surface area contributed by atoms with Gasteiger partial charge in [-0.1, -0.05) is 52.9 Å². The van der Waals surface area contributed by atoms with Crippen LogP contribution in [0.2, 0.25) is 0 Å². The van der Waals surface area contributed by atoms with E-state index in [1.807, 2.05) is 19.1 Å². The van der Waals surface area contributed by atoms with Crippen LogP contribution in [-0.2, 0) is 6.42 Å². The van der Waals surface area contributed by atoms with E-state index in [0.29, 0.717) is 30.0 Å². The highest BCUT2D eigenvalue weighted by atomic mass is 32.1. The smallest absolute Gasteiger partial charge is 0.161 e. The maximum atomic E-state index is 5.92. The van der Waals surface area contributed by atoms with Crippen molar-refractivity contribution in [2.45, 2.75) is 41.0 Å². The fraction of sp³-hybridized carbons (Fsp3) is 0.611. The Bertz CT molecular complexity index is 486. The molecule has 3 nitrogen and oxygen atoms in total. The number of benzene rings is 1. The predicted molar refractivity (Wildman–Crippen MR) is 96.8 cm³/mol. The molecule has 0 spiro atoms. The number of hydrogen-bond acceptors (Lipinski definition) is 3. The molecule has 0 aliphatic rings. The molecule has 4 heteroatoms. The fourth-order valence-corrected chi connectivity index (χ4v) is 1.96. The van der Waals surface area contributed by atoms with E-state index >= 15 is 0 Å². The highest BCUT2D eigenvalue weighted by Gasteiger charge is 2.12. The quantitative estimate of drug-likeness (QED) is 0.691. The predicted octanol–water partition coefficient (Wildman–Crippen LogP) is 4.22. The average molecular weight is 324 g/mol. The van der Waals surface area contributed by atoms with E-state index in [-0.39, 0.29) is 5.92 Å². The summed E-state index contributed by atoms with van der Waals surface area (Å²) in [7, 11) is 0. The van der Waals surface area contributed by atoms with Gasteiger partial charge in [-0.3, -0.25) is 0 Å². The largest absolute Gasteiger partial charge is 0.489 e. The lowest BCUT2D eigenvalue weighted by Gasteiger charge is -2.17. The van der Waals surface area contributed by atoms with E-state index in [0.717, 1.165) is 23.5 Å². The molecule has 0 aromatic heterocycles. The van der Waals surface area contributed by atoms with Crippen LogP contribution in [0, 0.1) is 17.8 Å². The minimum Gasteiger partial charge on any atom is -0.489 e. The number of hydrogen-bond donors (Lipinski definition) is 1. The van der Waals surface area contributed by atoms with Gasteiger partial charge in [0.2, 0.25) is 0 Å². The Morgan fingerprint density at radius 2 is 1.55 bits per heavy atom. The number of nitrogens with two attached hydrogens (primary N) is 1. The molecule has 0 saturated heterocycles. The van der Waals surface area contributed by atoms with Crippen molar-refractivity contribution < 1.29 is 9.47 Å². The van der Waals surface area contributed by atoms with Crippen molar-refractivity contribution in [2.75, 3.05) is 13.2 Å². The third kappa shape index (κ3) is 6.65. The van der Waals surface area contributed by atoms with Crippen LogP contribution >= 0.6 is 12.2 Å². The molecule has 2 N–H and O–H groups in total. The number of rotatable bonds is 9. The van der Waals surface area contributed by atoms with E-state index in [9.17, 15) is 0 Å². The molecule has 0 aliphatic heterocycles. The second-order valence-electron chi connectivity index (χ2n) is 6.70. The second kappa shape index (κ2) is 8.99. The standard InChI is InChI=1S/C18H29NO2S/c1-12(2)10-20-16-7-6-15(8-14(5)18(19)22)9-17(16)21-11-13(3)4/h6-7,9,12-14H,8,10-11H2,1-5H3,(H2,19,22). The molecule has 0 saturated carbocycles. The molecule has 1 rings (SSSR count). The Morgan fingerprint density at radius 3 is 2.05 bits per heavy atom. The molecule has 0 aliphatic carbocycles. The third-order valence-electron chi connectivity index (χ3n) is 3.18. The van der Waals surface area contributed by atoms with Crippen molar-refractivity contribution >= 4 is 17.2 Å². The summed E-state index contributed by atoms with van der Waals surface area (Å²) in [6, 6.07) is 6.10. The molecule has 1 unspecified atom stereocenters. The fourth-order valence-electron chi connectivity index (χ4n) is 1.88. The molecular formula is C18H29NO2S. The van der Waals surface area contributed by atoms with Crippen molar-refractivity contribution in [2.24, 2.45) is 23.5 Å². The van der Waals surface area contributed by atoms with Crippen LogP contribution in [0.5, 0.6) is 11.5 Å². The summed E-state index contributed by atoms with van der Waals surface area (Å²) in [6.07, 6.45) is 0.817. The van der Waals surface area contributed by atoms with E-state index < -0.39 is 0 Å². The van der Waals surface area contributed by atoms with Gasteiger partial charge in [0, 0.05) is 5.92 Å². The average Bonchev–Trinajstić information content (AvgIpc) is 2.43. The van der Waals surface area contributed by atoms with Gasteiger partial charge in [0.05, 0.1) is 18.2 Å². The van der Waals surface area contributed by atoms with Crippen LogP contribution < -0.4 is 15.2 Å². The first-order valence-corrected chi connectivity index (χ1v) is 8.38. The van der Waals surface area contributed by atoms with Crippen molar-refractivity contribution in [3.63, 3.8) is 0 Å². The van der Waals surface area contributed by atoms with Crippen molar-refractivity contribution in [3.05, 3.63) is 23.8 Å². The third-order valence-corrected chi connectivity index (χ3v) is 3.58. The first kappa shape index (κ1) is 18.8. The van der Waals surface area contributed by atoms with Gasteiger partial charge in [0.1, 0.15) is 0 Å². The molecular weight excluding hydrogens is 294 g/mol. The van der Waals surface area contributed by atoms with Crippen molar-refractivity contribution in [1.29, 1.82) is 0 Å². The van der Waals surface area contributed by atoms with E-state index in [1.54, 1.807) is 0 Å². The van der Waals surface area contributed by atoms with E-state index in [2.05, 4.69) is 33.8 Å². The van der Waals surface area contributed by atoms with Gasteiger partial charge in [-0.2, -0.15) is 0 Å². The SMILES string of the molecule is CC(C)COc1ccc(CC(C)C(N)=S)cc1OCC(C)C. The molecule has 0 radical (unpaired) electrons. The lowest BCUT2D eigenvalue weighted by atomic mass is 10.0. The van der Waals surface area contributed by atoms with Crippen LogP contribution in [0.3, 0.4) is 0 Å². The van der Waals surface area contributed by atoms with E-state index in [4.69, 9.17) is 27.4 Å². The topological polar surface area (TPSA) is 44.5 Å². The van der Waals surface area contributed by atoms with Gasteiger partial charge in [0.15, 0.2) is 11.5 Å². The molecule has 0 bridgehead atoms. The van der Waals surface area contributed by atoms with Gasteiger partial charge in [0.25, 0.3) is 0 Å². The summed E-state index contributed by atoms with van der Waals surface area (Å²) < 4.78 is 11.8. The Kier molecular flexibility index (Phi) is 7.66. The zero-order chi connectivity index (χ0) is 16.7. The summed E-state index contributed by atoms with van der Waals surface area (Å²) in [6.45, 7) is 11.9. The van der Waals surface area contributed by atoms with Gasteiger partial charge in [-0.25, -0.2) is 0 Å². The van der Waals surface area contributed by atoms with Crippen LogP contribution in [0.1, 0.15) is 40.2 Å². The van der Waals surface area contributed by atoms with Crippen LogP contribution in [0.4, 0.5) is 0 Å². The summed E-state index contributed by atoms with van der Waals surface area (Å²) in [4.78, 5) is 0.546. The second-order valence-corrected chi connectivity index (χ2v) is 7.17. The Balaban J connectivity index is 2.89. The molecule has 0 fully saturated rings.